The molecule has 4 heterocycles. The summed E-state index contributed by atoms with van der Waals surface area (Å²) < 4.78 is 0. The van der Waals surface area contributed by atoms with Gasteiger partial charge in [0.15, 0.2) is 5.82 Å². The maximum atomic E-state index is 4.97. The fourth-order valence-electron chi connectivity index (χ4n) is 2.69. The summed E-state index contributed by atoms with van der Waals surface area (Å²) in [7, 11) is 3.55. The second kappa shape index (κ2) is 6.56. The maximum absolute atomic E-state index is 4.97. The molecule has 0 radical (unpaired) electrons. The highest BCUT2D eigenvalue weighted by Gasteiger charge is 2.24. The third-order valence-corrected chi connectivity index (χ3v) is 5.01. The molecular weight excluding hydrogens is 336 g/mol. The van der Waals surface area contributed by atoms with Crippen LogP contribution in [0.2, 0.25) is 0 Å². The van der Waals surface area contributed by atoms with Gasteiger partial charge in [-0.1, -0.05) is 5.16 Å². The molecular formula is C17H16N6OS. The van der Waals surface area contributed by atoms with Gasteiger partial charge < -0.3 is 9.74 Å². The van der Waals surface area contributed by atoms with Crippen molar-refractivity contribution in [1.82, 2.24) is 19.9 Å². The number of aromatic nitrogens is 4. The molecule has 0 saturated heterocycles. The predicted octanol–water partition coefficient (Wildman–Crippen LogP) is 2.85. The first kappa shape index (κ1) is 15.6. The van der Waals surface area contributed by atoms with Gasteiger partial charge in [0.05, 0.1) is 11.1 Å². The van der Waals surface area contributed by atoms with Crippen LogP contribution in [0.1, 0.15) is 12.1 Å². The third-order valence-electron chi connectivity index (χ3n) is 3.94. The van der Waals surface area contributed by atoms with E-state index in [4.69, 9.17) is 9.82 Å². The fourth-order valence-corrected chi connectivity index (χ4v) is 3.55. The number of anilines is 1. The number of hydrogen-bond acceptors (Lipinski definition) is 8. The van der Waals surface area contributed by atoms with Crippen LogP contribution in [0.4, 0.5) is 5.82 Å². The van der Waals surface area contributed by atoms with Crippen LogP contribution in [0.5, 0.6) is 0 Å². The van der Waals surface area contributed by atoms with Crippen molar-refractivity contribution in [2.45, 2.75) is 6.42 Å². The molecule has 0 aromatic carbocycles. The molecule has 126 valence electrons. The quantitative estimate of drug-likeness (QED) is 0.675. The molecule has 3 aromatic rings. The lowest BCUT2D eigenvalue weighted by atomic mass is 10.1. The SMILES string of the molecule is CON=C1CCN(C)c2ncc(-c3cnc(-c4cccnc4)s3)nc21. The number of pyridine rings is 1. The van der Waals surface area contributed by atoms with Crippen LogP contribution in [0, 0.1) is 0 Å². The van der Waals surface area contributed by atoms with Crippen molar-refractivity contribution in [2.24, 2.45) is 5.16 Å². The lowest BCUT2D eigenvalue weighted by Crippen LogP contribution is -2.30. The average molecular weight is 352 g/mol. The molecule has 0 unspecified atom stereocenters. The smallest absolute Gasteiger partial charge is 0.156 e. The summed E-state index contributed by atoms with van der Waals surface area (Å²) in [5, 5.41) is 5.02. The zero-order valence-corrected chi connectivity index (χ0v) is 14.7. The van der Waals surface area contributed by atoms with Crippen LogP contribution < -0.4 is 4.90 Å². The monoisotopic (exact) mass is 352 g/mol. The minimum atomic E-state index is 0.768. The highest BCUT2D eigenvalue weighted by atomic mass is 32.1. The number of nitrogens with zero attached hydrogens (tertiary/aromatic N) is 6. The topological polar surface area (TPSA) is 76.4 Å². The molecule has 0 bridgehead atoms. The summed E-state index contributed by atoms with van der Waals surface area (Å²) in [6.45, 7) is 0.842. The van der Waals surface area contributed by atoms with E-state index in [-0.39, 0.29) is 0 Å². The van der Waals surface area contributed by atoms with Crippen LogP contribution in [0.15, 0.2) is 42.1 Å². The highest BCUT2D eigenvalue weighted by Crippen LogP contribution is 2.32. The van der Waals surface area contributed by atoms with E-state index < -0.39 is 0 Å². The molecule has 8 heteroatoms. The fraction of sp³-hybridized carbons (Fsp3) is 0.235. The van der Waals surface area contributed by atoms with Crippen LogP contribution in [-0.2, 0) is 4.84 Å². The van der Waals surface area contributed by atoms with Crippen molar-refractivity contribution in [1.29, 1.82) is 0 Å². The first-order valence-corrected chi connectivity index (χ1v) is 8.63. The van der Waals surface area contributed by atoms with Gasteiger partial charge in [-0.2, -0.15) is 0 Å². The van der Waals surface area contributed by atoms with E-state index in [1.54, 1.807) is 37.0 Å². The molecule has 3 aromatic heterocycles. The molecule has 0 spiro atoms. The van der Waals surface area contributed by atoms with Gasteiger partial charge in [-0.15, -0.1) is 11.3 Å². The van der Waals surface area contributed by atoms with Crippen molar-refractivity contribution >= 4 is 22.9 Å². The van der Waals surface area contributed by atoms with Crippen molar-refractivity contribution in [3.63, 3.8) is 0 Å². The molecule has 7 nitrogen and oxygen atoms in total. The van der Waals surface area contributed by atoms with Crippen LogP contribution in [0.3, 0.4) is 0 Å². The summed E-state index contributed by atoms with van der Waals surface area (Å²) in [6, 6.07) is 3.89. The van der Waals surface area contributed by atoms with Crippen LogP contribution in [-0.4, -0.2) is 46.3 Å². The van der Waals surface area contributed by atoms with E-state index in [0.29, 0.717) is 0 Å². The number of thiazole rings is 1. The minimum Gasteiger partial charge on any atom is -0.399 e. The Labute approximate surface area is 149 Å². The molecule has 0 fully saturated rings. The summed E-state index contributed by atoms with van der Waals surface area (Å²) in [5.41, 5.74) is 3.36. The number of fused-ring (bicyclic) bond motifs is 1. The van der Waals surface area contributed by atoms with E-state index in [2.05, 4.69) is 25.0 Å². The van der Waals surface area contributed by atoms with Crippen LogP contribution >= 0.6 is 11.3 Å². The zero-order valence-electron chi connectivity index (χ0n) is 13.9. The number of rotatable bonds is 3. The van der Waals surface area contributed by atoms with Crippen molar-refractivity contribution in [3.05, 3.63) is 42.6 Å². The number of oxime groups is 1. The van der Waals surface area contributed by atoms with Gasteiger partial charge in [-0.05, 0) is 12.1 Å². The second-order valence-electron chi connectivity index (χ2n) is 5.59. The molecule has 1 aliphatic rings. The first-order valence-electron chi connectivity index (χ1n) is 7.81. The Morgan fingerprint density at radius 3 is 2.96 bits per heavy atom. The van der Waals surface area contributed by atoms with Crippen molar-refractivity contribution in [3.8, 4) is 21.1 Å². The molecule has 0 aliphatic carbocycles. The van der Waals surface area contributed by atoms with Gasteiger partial charge in [-0.3, -0.25) is 4.98 Å². The van der Waals surface area contributed by atoms with E-state index in [0.717, 1.165) is 51.3 Å². The second-order valence-corrected chi connectivity index (χ2v) is 6.62. The lowest BCUT2D eigenvalue weighted by Gasteiger charge is -2.26. The van der Waals surface area contributed by atoms with Gasteiger partial charge in [-0.25, -0.2) is 15.0 Å². The molecule has 25 heavy (non-hydrogen) atoms. The van der Waals surface area contributed by atoms with E-state index >= 15 is 0 Å². The average Bonchev–Trinajstić information content (AvgIpc) is 3.15. The predicted molar refractivity (Wildman–Crippen MR) is 97.8 cm³/mol. The Morgan fingerprint density at radius 1 is 1.24 bits per heavy atom. The van der Waals surface area contributed by atoms with Gasteiger partial charge in [0.2, 0.25) is 0 Å². The highest BCUT2D eigenvalue weighted by molar-refractivity contribution is 7.18. The molecule has 4 rings (SSSR count). The van der Waals surface area contributed by atoms with E-state index in [9.17, 15) is 0 Å². The molecule has 0 atom stereocenters. The Kier molecular flexibility index (Phi) is 4.10. The van der Waals surface area contributed by atoms with Gasteiger partial charge >= 0.3 is 0 Å². The van der Waals surface area contributed by atoms with Gasteiger partial charge in [0.1, 0.15) is 29.2 Å². The Hall–Kier alpha value is -2.87. The van der Waals surface area contributed by atoms with E-state index in [1.807, 2.05) is 25.4 Å². The summed E-state index contributed by atoms with van der Waals surface area (Å²) in [4.78, 5) is 26.0. The molecule has 0 amide bonds. The van der Waals surface area contributed by atoms with E-state index in [1.165, 1.54) is 0 Å². The summed E-state index contributed by atoms with van der Waals surface area (Å²) in [5.74, 6) is 0.822. The Balaban J connectivity index is 1.74. The Morgan fingerprint density at radius 2 is 2.16 bits per heavy atom. The largest absolute Gasteiger partial charge is 0.399 e. The lowest BCUT2D eigenvalue weighted by molar-refractivity contribution is 0.212. The number of hydrogen-bond donors (Lipinski definition) is 0. The maximum Gasteiger partial charge on any atom is 0.156 e. The minimum absolute atomic E-state index is 0.768. The molecule has 0 N–H and O–H groups in total. The Bertz CT molecular complexity index is 924. The standard InChI is InChI=1S/C17H16N6OS/c1-23-7-5-12(22-24-2)15-16(23)19-9-13(21-15)14-10-20-17(25-14)11-4-3-6-18-8-11/h3-4,6,8-10H,5,7H2,1-2H3. The third kappa shape index (κ3) is 2.96. The van der Waals surface area contributed by atoms with Gasteiger partial charge in [0, 0.05) is 44.2 Å². The van der Waals surface area contributed by atoms with Crippen LogP contribution in [0.25, 0.3) is 21.1 Å². The zero-order chi connectivity index (χ0) is 17.2. The summed E-state index contributed by atoms with van der Waals surface area (Å²) >= 11 is 1.57. The van der Waals surface area contributed by atoms with Crippen molar-refractivity contribution < 1.29 is 4.84 Å². The first-order chi connectivity index (χ1) is 12.3. The summed E-state index contributed by atoms with van der Waals surface area (Å²) in [6.07, 6.45) is 7.94. The molecule has 0 saturated carbocycles. The van der Waals surface area contributed by atoms with Crippen molar-refractivity contribution in [2.75, 3.05) is 25.6 Å². The normalized spacial score (nSPS) is 15.3. The molecule has 1 aliphatic heterocycles. The van der Waals surface area contributed by atoms with Gasteiger partial charge in [0.25, 0.3) is 0 Å².